The number of methoxy groups -OCH3 is 1. The summed E-state index contributed by atoms with van der Waals surface area (Å²) in [6.45, 7) is 2.11. The molecule has 2 bridgehead atoms. The summed E-state index contributed by atoms with van der Waals surface area (Å²) in [4.78, 5) is 24.7. The molecule has 3 fully saturated rings. The molecule has 1 saturated heterocycles. The van der Waals surface area contributed by atoms with Crippen molar-refractivity contribution in [2.24, 2.45) is 11.7 Å². The number of likely N-dealkylation sites (tertiary alicyclic amines) is 1. The van der Waals surface area contributed by atoms with Crippen molar-refractivity contribution in [3.8, 4) is 5.75 Å². The average molecular weight is 400 g/mol. The van der Waals surface area contributed by atoms with E-state index in [-0.39, 0.29) is 23.1 Å². The van der Waals surface area contributed by atoms with Crippen molar-refractivity contribution < 1.29 is 23.9 Å². The fourth-order valence-electron chi connectivity index (χ4n) is 7.13. The topological polar surface area (TPSA) is 89.6 Å². The third kappa shape index (κ3) is 2.42. The summed E-state index contributed by atoms with van der Waals surface area (Å²) in [6.07, 6.45) is 5.73. The Hall–Kier alpha value is -1.92. The van der Waals surface area contributed by atoms with Crippen LogP contribution in [-0.4, -0.2) is 60.2 Å². The van der Waals surface area contributed by atoms with Gasteiger partial charge in [0.25, 0.3) is 5.91 Å². The molecule has 1 aromatic carbocycles. The summed E-state index contributed by atoms with van der Waals surface area (Å²) in [5, 5.41) is 11.2. The van der Waals surface area contributed by atoms with E-state index < -0.39 is 16.9 Å². The highest BCUT2D eigenvalue weighted by atomic mass is 16.5. The van der Waals surface area contributed by atoms with Gasteiger partial charge in [-0.2, -0.15) is 0 Å². The lowest BCUT2D eigenvalue weighted by Crippen LogP contribution is -2.79. The van der Waals surface area contributed by atoms with Gasteiger partial charge in [0.2, 0.25) is 0 Å². The van der Waals surface area contributed by atoms with Gasteiger partial charge in [0.1, 0.15) is 23.2 Å². The van der Waals surface area contributed by atoms with Gasteiger partial charge in [-0.1, -0.05) is 6.07 Å². The summed E-state index contributed by atoms with van der Waals surface area (Å²) in [7, 11) is 4.12. The van der Waals surface area contributed by atoms with Crippen LogP contribution in [-0.2, 0) is 21.4 Å². The van der Waals surface area contributed by atoms with E-state index in [0.29, 0.717) is 19.3 Å². The fourth-order valence-corrected chi connectivity index (χ4v) is 7.13. The molecule has 2 unspecified atom stereocenters. The number of carbonyl (C=O) groups excluding carboxylic acids is 2. The average Bonchev–Trinajstić information content (AvgIpc) is 3.48. The Kier molecular flexibility index (Phi) is 3.98. The smallest absolute Gasteiger partial charge is 0.252 e. The molecule has 3 N–H and O–H groups in total. The molecular formula is C23H31N2O4+. The van der Waals surface area contributed by atoms with Crippen molar-refractivity contribution in [2.75, 3.05) is 27.2 Å². The van der Waals surface area contributed by atoms with Crippen LogP contribution in [0.3, 0.4) is 0 Å². The lowest BCUT2D eigenvalue weighted by Gasteiger charge is -2.66. The van der Waals surface area contributed by atoms with Crippen LogP contribution in [0.1, 0.15) is 60.0 Å². The second-order valence-corrected chi connectivity index (χ2v) is 10.1. The van der Waals surface area contributed by atoms with Crippen LogP contribution in [0.5, 0.6) is 5.75 Å². The van der Waals surface area contributed by atoms with Crippen LogP contribution in [0.25, 0.3) is 0 Å². The quantitative estimate of drug-likeness (QED) is 0.759. The van der Waals surface area contributed by atoms with Gasteiger partial charge in [-0.15, -0.1) is 0 Å². The number of nitrogens with two attached hydrogens (primary N) is 1. The number of hydrogen-bond donors (Lipinski definition) is 2. The number of likely N-dealkylation sites (N-methyl/N-ethyl adjacent to an activating group) is 1. The van der Waals surface area contributed by atoms with E-state index in [0.717, 1.165) is 47.5 Å². The van der Waals surface area contributed by atoms with E-state index in [2.05, 4.69) is 7.05 Å². The zero-order chi connectivity index (χ0) is 20.6. The van der Waals surface area contributed by atoms with Gasteiger partial charge in [-0.25, -0.2) is 0 Å². The van der Waals surface area contributed by atoms with Crippen molar-refractivity contribution in [3.63, 3.8) is 0 Å². The highest BCUT2D eigenvalue weighted by Crippen LogP contribution is 2.62. The maximum Gasteiger partial charge on any atom is 0.252 e. The van der Waals surface area contributed by atoms with Gasteiger partial charge >= 0.3 is 0 Å². The van der Waals surface area contributed by atoms with E-state index in [1.165, 1.54) is 12.8 Å². The number of ketones is 1. The molecule has 4 aliphatic rings. The number of amides is 1. The molecular weight excluding hydrogens is 368 g/mol. The lowest BCUT2D eigenvalue weighted by molar-refractivity contribution is -0.950. The maximum atomic E-state index is 12.7. The first-order valence-corrected chi connectivity index (χ1v) is 10.8. The van der Waals surface area contributed by atoms with Crippen molar-refractivity contribution in [1.82, 2.24) is 0 Å². The number of rotatable bonds is 4. The highest BCUT2D eigenvalue weighted by molar-refractivity contribution is 5.96. The number of nitrogens with zero attached hydrogens (tertiary/aromatic N) is 1. The summed E-state index contributed by atoms with van der Waals surface area (Å²) in [6, 6.07) is 3.81. The van der Waals surface area contributed by atoms with Gasteiger partial charge in [-0.05, 0) is 30.9 Å². The van der Waals surface area contributed by atoms with Crippen molar-refractivity contribution in [3.05, 3.63) is 28.8 Å². The van der Waals surface area contributed by atoms with Gasteiger partial charge in [0.15, 0.2) is 0 Å². The largest absolute Gasteiger partial charge is 0.507 e. The predicted molar refractivity (Wildman–Crippen MR) is 108 cm³/mol. The standard InChI is InChI=1S/C23H30N2O4/c1-25(13-14-3-4-14)10-9-22-12-16(26)7-8-23(22,29-2)18(25)11-15-5-6-17(21(24)28)20(27)19(15)22/h5-6,14,18H,3-4,7-13H2,1-2H3,(H2-,24,27,28)/p+1/t18?,22?,23-,25+/m1/s1. The third-order valence-corrected chi connectivity index (χ3v) is 8.58. The molecule has 156 valence electrons. The Bertz CT molecular complexity index is 910. The first-order valence-electron chi connectivity index (χ1n) is 10.8. The SMILES string of the molecule is CO[C@@]12CCC(=O)CC13CC[N@@+](C)(CC1CC1)C2Cc1ccc(C(N)=O)c(O)c13. The zero-order valence-corrected chi connectivity index (χ0v) is 17.4. The van der Waals surface area contributed by atoms with E-state index in [9.17, 15) is 14.7 Å². The lowest BCUT2D eigenvalue weighted by atomic mass is 9.48. The van der Waals surface area contributed by atoms with Crippen LogP contribution < -0.4 is 5.73 Å². The number of primary amides is 1. The molecule has 0 spiro atoms. The van der Waals surface area contributed by atoms with Gasteiger partial charge in [0.05, 0.1) is 25.7 Å². The second kappa shape index (κ2) is 6.05. The summed E-state index contributed by atoms with van der Waals surface area (Å²) in [5.41, 5.74) is 6.37. The molecule has 4 atom stereocenters. The molecule has 1 aliphatic heterocycles. The molecule has 1 amide bonds. The molecule has 2 saturated carbocycles. The Morgan fingerprint density at radius 1 is 1.34 bits per heavy atom. The van der Waals surface area contributed by atoms with Crippen molar-refractivity contribution in [2.45, 2.75) is 62.0 Å². The number of quaternary nitrogens is 1. The maximum absolute atomic E-state index is 12.7. The van der Waals surface area contributed by atoms with Gasteiger partial charge in [-0.3, -0.25) is 9.59 Å². The number of hydrogen-bond acceptors (Lipinski definition) is 4. The van der Waals surface area contributed by atoms with E-state index >= 15 is 0 Å². The molecule has 1 aromatic rings. The minimum atomic E-state index is -0.640. The Morgan fingerprint density at radius 3 is 2.76 bits per heavy atom. The first-order chi connectivity index (χ1) is 13.8. The minimum Gasteiger partial charge on any atom is -0.507 e. The van der Waals surface area contributed by atoms with Crippen molar-refractivity contribution >= 4 is 11.7 Å². The number of Topliss-reactive ketones (excluding diaryl/α,β-unsaturated/α-hetero) is 1. The van der Waals surface area contributed by atoms with Gasteiger partial charge in [0, 0.05) is 49.7 Å². The Morgan fingerprint density at radius 2 is 2.10 bits per heavy atom. The summed E-state index contributed by atoms with van der Waals surface area (Å²) < 4.78 is 7.37. The van der Waals surface area contributed by atoms with Crippen LogP contribution in [0, 0.1) is 5.92 Å². The van der Waals surface area contributed by atoms with E-state index in [1.54, 1.807) is 13.2 Å². The zero-order valence-electron chi connectivity index (χ0n) is 17.4. The number of phenols is 1. The number of piperidine rings is 1. The Labute approximate surface area is 171 Å². The second-order valence-electron chi connectivity index (χ2n) is 10.1. The summed E-state index contributed by atoms with van der Waals surface area (Å²) in [5.74, 6) is 0.326. The third-order valence-electron chi connectivity index (χ3n) is 8.58. The van der Waals surface area contributed by atoms with Gasteiger partial charge < -0.3 is 20.1 Å². The molecule has 0 aromatic heterocycles. The summed E-state index contributed by atoms with van der Waals surface area (Å²) >= 11 is 0. The van der Waals surface area contributed by atoms with Crippen LogP contribution in [0.2, 0.25) is 0 Å². The van der Waals surface area contributed by atoms with Crippen LogP contribution in [0.4, 0.5) is 0 Å². The van der Waals surface area contributed by atoms with Crippen LogP contribution in [0.15, 0.2) is 12.1 Å². The number of ether oxygens (including phenoxy) is 1. The fraction of sp³-hybridized carbons (Fsp3) is 0.652. The molecule has 29 heavy (non-hydrogen) atoms. The highest BCUT2D eigenvalue weighted by Gasteiger charge is 2.71. The van der Waals surface area contributed by atoms with Crippen molar-refractivity contribution in [1.29, 1.82) is 0 Å². The predicted octanol–water partition coefficient (Wildman–Crippen LogP) is 2.05. The Balaban J connectivity index is 1.75. The normalized spacial score (nSPS) is 38.3. The number of carbonyl (C=O) groups is 2. The first kappa shape index (κ1) is 19.1. The monoisotopic (exact) mass is 399 g/mol. The molecule has 6 nitrogen and oxygen atoms in total. The number of aromatic hydroxyl groups is 1. The molecule has 0 radical (unpaired) electrons. The number of benzene rings is 1. The van der Waals surface area contributed by atoms with E-state index in [4.69, 9.17) is 10.5 Å². The molecule has 5 rings (SSSR count). The van der Waals surface area contributed by atoms with E-state index in [1.807, 2.05) is 6.07 Å². The molecule has 3 aliphatic carbocycles. The molecule has 6 heteroatoms. The minimum absolute atomic E-state index is 0.0390. The van der Waals surface area contributed by atoms with Crippen LogP contribution >= 0.6 is 0 Å². The number of fused-ring (bicyclic) bond motifs is 1. The molecule has 1 heterocycles.